The van der Waals surface area contributed by atoms with Crippen molar-refractivity contribution in [1.82, 2.24) is 14.8 Å². The Morgan fingerprint density at radius 1 is 1.13 bits per heavy atom. The van der Waals surface area contributed by atoms with Gasteiger partial charge in [0.25, 0.3) is 0 Å². The Morgan fingerprint density at radius 2 is 1.87 bits per heavy atom. The Labute approximate surface area is 181 Å². The number of nitrogens with zero attached hydrogens (tertiary/aromatic N) is 4. The van der Waals surface area contributed by atoms with Gasteiger partial charge in [0.05, 0.1) is 12.9 Å². The first-order valence-electron chi connectivity index (χ1n) is 9.87. The fourth-order valence-electron chi connectivity index (χ4n) is 3.13. The summed E-state index contributed by atoms with van der Waals surface area (Å²) in [5.74, 6) is 1.60. The highest BCUT2D eigenvalue weighted by atomic mass is 32.2. The fourth-order valence-corrected chi connectivity index (χ4v) is 3.84. The SMILES string of the molecule is CCN(CC)c1ccc(-c2nnc(SCC(=O)Nc3cccc(OC)c3)n2C)cc1. The predicted octanol–water partition coefficient (Wildman–Crippen LogP) is 4.07. The third-order valence-electron chi connectivity index (χ3n) is 4.77. The van der Waals surface area contributed by atoms with E-state index in [2.05, 4.69) is 58.5 Å². The Bertz CT molecular complexity index is 983. The van der Waals surface area contributed by atoms with Gasteiger partial charge in [0.2, 0.25) is 5.91 Å². The van der Waals surface area contributed by atoms with Crippen LogP contribution >= 0.6 is 11.8 Å². The van der Waals surface area contributed by atoms with Crippen molar-refractivity contribution < 1.29 is 9.53 Å². The lowest BCUT2D eigenvalue weighted by Crippen LogP contribution is -2.21. The highest BCUT2D eigenvalue weighted by molar-refractivity contribution is 7.99. The largest absolute Gasteiger partial charge is 0.497 e. The molecule has 0 spiro atoms. The molecule has 1 heterocycles. The molecule has 30 heavy (non-hydrogen) atoms. The fraction of sp³-hybridized carbons (Fsp3) is 0.318. The smallest absolute Gasteiger partial charge is 0.234 e. The Kier molecular flexibility index (Phi) is 7.35. The number of hydrogen-bond acceptors (Lipinski definition) is 6. The summed E-state index contributed by atoms with van der Waals surface area (Å²) in [5, 5.41) is 12.1. The molecule has 0 aliphatic carbocycles. The molecular formula is C22H27N5O2S. The Hall–Kier alpha value is -3.00. The zero-order valence-electron chi connectivity index (χ0n) is 17.8. The van der Waals surface area contributed by atoms with E-state index in [9.17, 15) is 4.79 Å². The normalized spacial score (nSPS) is 10.7. The van der Waals surface area contributed by atoms with Crippen LogP contribution in [0.15, 0.2) is 53.7 Å². The lowest BCUT2D eigenvalue weighted by molar-refractivity contribution is -0.113. The van der Waals surface area contributed by atoms with Crippen LogP contribution in [0.25, 0.3) is 11.4 Å². The van der Waals surface area contributed by atoms with E-state index in [-0.39, 0.29) is 11.7 Å². The summed E-state index contributed by atoms with van der Waals surface area (Å²) in [6.07, 6.45) is 0. The molecule has 8 heteroatoms. The molecule has 0 bridgehead atoms. The summed E-state index contributed by atoms with van der Waals surface area (Å²) in [4.78, 5) is 14.6. The van der Waals surface area contributed by atoms with E-state index in [4.69, 9.17) is 4.74 Å². The van der Waals surface area contributed by atoms with Gasteiger partial charge in [0.1, 0.15) is 5.75 Å². The molecule has 0 radical (unpaired) electrons. The molecule has 2 aromatic carbocycles. The zero-order valence-corrected chi connectivity index (χ0v) is 18.6. The summed E-state index contributed by atoms with van der Waals surface area (Å²) in [5.41, 5.74) is 2.88. The molecule has 0 fully saturated rings. The Morgan fingerprint density at radius 3 is 2.53 bits per heavy atom. The van der Waals surface area contributed by atoms with Gasteiger partial charge in [-0.1, -0.05) is 17.8 Å². The van der Waals surface area contributed by atoms with E-state index in [0.29, 0.717) is 16.6 Å². The number of hydrogen-bond donors (Lipinski definition) is 1. The third kappa shape index (κ3) is 5.13. The monoisotopic (exact) mass is 425 g/mol. The van der Waals surface area contributed by atoms with Gasteiger partial charge in [-0.25, -0.2) is 0 Å². The molecule has 3 aromatic rings. The number of anilines is 2. The second-order valence-electron chi connectivity index (χ2n) is 6.65. The molecule has 1 amide bonds. The maximum Gasteiger partial charge on any atom is 0.234 e. The van der Waals surface area contributed by atoms with Crippen LogP contribution in [0.5, 0.6) is 5.75 Å². The van der Waals surface area contributed by atoms with Gasteiger partial charge in [0, 0.05) is 43.1 Å². The minimum atomic E-state index is -0.110. The van der Waals surface area contributed by atoms with Crippen LogP contribution in [0.3, 0.4) is 0 Å². The lowest BCUT2D eigenvalue weighted by atomic mass is 10.2. The first kappa shape index (κ1) is 21.7. The average Bonchev–Trinajstić information content (AvgIpc) is 3.14. The van der Waals surface area contributed by atoms with Crippen molar-refractivity contribution in [1.29, 1.82) is 0 Å². The molecule has 1 N–H and O–H groups in total. The van der Waals surface area contributed by atoms with Crippen LogP contribution in [0.1, 0.15) is 13.8 Å². The predicted molar refractivity (Wildman–Crippen MR) is 122 cm³/mol. The topological polar surface area (TPSA) is 72.3 Å². The lowest BCUT2D eigenvalue weighted by Gasteiger charge is -2.21. The summed E-state index contributed by atoms with van der Waals surface area (Å²) >= 11 is 1.35. The van der Waals surface area contributed by atoms with E-state index >= 15 is 0 Å². The number of rotatable bonds is 9. The second kappa shape index (κ2) is 10.2. The second-order valence-corrected chi connectivity index (χ2v) is 7.60. The molecule has 0 saturated heterocycles. The van der Waals surface area contributed by atoms with Crippen LogP contribution < -0.4 is 15.0 Å². The summed E-state index contributed by atoms with van der Waals surface area (Å²) in [6.45, 7) is 6.24. The van der Waals surface area contributed by atoms with Crippen LogP contribution in [0.4, 0.5) is 11.4 Å². The van der Waals surface area contributed by atoms with Crippen molar-refractivity contribution in [2.75, 3.05) is 36.2 Å². The van der Waals surface area contributed by atoms with Crippen LogP contribution in [0.2, 0.25) is 0 Å². The number of carbonyl (C=O) groups excluding carboxylic acids is 1. The summed E-state index contributed by atoms with van der Waals surface area (Å²) in [6, 6.07) is 15.6. The molecule has 7 nitrogen and oxygen atoms in total. The van der Waals surface area contributed by atoms with Gasteiger partial charge in [-0.15, -0.1) is 10.2 Å². The number of amides is 1. The van der Waals surface area contributed by atoms with Crippen molar-refractivity contribution in [3.63, 3.8) is 0 Å². The van der Waals surface area contributed by atoms with Crippen molar-refractivity contribution in [2.45, 2.75) is 19.0 Å². The van der Waals surface area contributed by atoms with Crippen molar-refractivity contribution in [2.24, 2.45) is 7.05 Å². The molecule has 1 aromatic heterocycles. The number of ether oxygens (including phenoxy) is 1. The van der Waals surface area contributed by atoms with Crippen molar-refractivity contribution >= 4 is 29.0 Å². The number of aromatic nitrogens is 3. The third-order valence-corrected chi connectivity index (χ3v) is 5.80. The van der Waals surface area contributed by atoms with Crippen molar-refractivity contribution in [3.8, 4) is 17.1 Å². The molecule has 158 valence electrons. The van der Waals surface area contributed by atoms with E-state index in [0.717, 1.165) is 24.5 Å². The van der Waals surface area contributed by atoms with Crippen LogP contribution in [-0.2, 0) is 11.8 Å². The minimum Gasteiger partial charge on any atom is -0.497 e. The van der Waals surface area contributed by atoms with Gasteiger partial charge >= 0.3 is 0 Å². The molecule has 0 unspecified atom stereocenters. The quantitative estimate of drug-likeness (QED) is 0.521. The molecule has 0 aliphatic rings. The maximum absolute atomic E-state index is 12.3. The highest BCUT2D eigenvalue weighted by Gasteiger charge is 2.14. The van der Waals surface area contributed by atoms with Gasteiger partial charge in [-0.2, -0.15) is 0 Å². The van der Waals surface area contributed by atoms with Gasteiger partial charge in [-0.05, 0) is 50.2 Å². The summed E-state index contributed by atoms with van der Waals surface area (Å²) < 4.78 is 7.09. The number of benzene rings is 2. The van der Waals surface area contributed by atoms with Gasteiger partial charge in [-0.3, -0.25) is 4.79 Å². The molecule has 0 atom stereocenters. The molecule has 0 saturated carbocycles. The first-order valence-corrected chi connectivity index (χ1v) is 10.9. The maximum atomic E-state index is 12.3. The van der Waals surface area contributed by atoms with E-state index in [1.807, 2.05) is 29.8 Å². The molecule has 0 aliphatic heterocycles. The van der Waals surface area contributed by atoms with Crippen LogP contribution in [-0.4, -0.2) is 46.6 Å². The molecule has 3 rings (SSSR count). The standard InChI is InChI=1S/C22H27N5O2S/c1-5-27(6-2)18-12-10-16(11-13-18)21-24-25-22(26(21)3)30-15-20(28)23-17-8-7-9-19(14-17)29-4/h7-14H,5-6,15H2,1-4H3,(H,23,28). The summed E-state index contributed by atoms with van der Waals surface area (Å²) in [7, 11) is 3.51. The van der Waals surface area contributed by atoms with Gasteiger partial charge in [0.15, 0.2) is 11.0 Å². The first-order chi connectivity index (χ1) is 14.5. The van der Waals surface area contributed by atoms with Crippen molar-refractivity contribution in [3.05, 3.63) is 48.5 Å². The molecular weight excluding hydrogens is 398 g/mol. The number of carbonyl (C=O) groups is 1. The average molecular weight is 426 g/mol. The number of methoxy groups -OCH3 is 1. The Balaban J connectivity index is 1.63. The highest BCUT2D eigenvalue weighted by Crippen LogP contribution is 2.25. The number of thioether (sulfide) groups is 1. The zero-order chi connectivity index (χ0) is 21.5. The van der Waals surface area contributed by atoms with Crippen LogP contribution in [0, 0.1) is 0 Å². The minimum absolute atomic E-state index is 0.110. The van der Waals surface area contributed by atoms with Gasteiger partial charge < -0.3 is 19.5 Å². The van der Waals surface area contributed by atoms with E-state index in [1.54, 1.807) is 13.2 Å². The number of nitrogens with one attached hydrogen (secondary N) is 1. The van der Waals surface area contributed by atoms with E-state index in [1.165, 1.54) is 17.4 Å². The van der Waals surface area contributed by atoms with E-state index < -0.39 is 0 Å².